The molecule has 0 aliphatic carbocycles. The molecule has 1 aliphatic rings. The number of amides is 1. The van der Waals surface area contributed by atoms with Crippen molar-refractivity contribution in [3.63, 3.8) is 0 Å². The van der Waals surface area contributed by atoms with Crippen LogP contribution in [0.5, 0.6) is 0 Å². The van der Waals surface area contributed by atoms with Gasteiger partial charge in [0.1, 0.15) is 0 Å². The van der Waals surface area contributed by atoms with E-state index in [-0.39, 0.29) is 5.91 Å². The summed E-state index contributed by atoms with van der Waals surface area (Å²) >= 11 is 0. The number of piperidine rings is 1. The molecule has 126 valence electrons. The Morgan fingerprint density at radius 2 is 1.50 bits per heavy atom. The van der Waals surface area contributed by atoms with Crippen LogP contribution in [0.2, 0.25) is 0 Å². The minimum absolute atomic E-state index is 0.199. The van der Waals surface area contributed by atoms with Crippen LogP contribution in [-0.2, 0) is 6.18 Å². The molecule has 24 heavy (non-hydrogen) atoms. The molecule has 0 unspecified atom stereocenters. The minimum Gasteiger partial charge on any atom is -0.339 e. The predicted octanol–water partition coefficient (Wildman–Crippen LogP) is 4.73. The zero-order chi connectivity index (χ0) is 17.2. The van der Waals surface area contributed by atoms with Gasteiger partial charge in [-0.1, -0.05) is 30.3 Å². The Hall–Kier alpha value is -2.30. The largest absolute Gasteiger partial charge is 0.416 e. The fraction of sp³-hybridized carbons (Fsp3) is 0.316. The zero-order valence-electron chi connectivity index (χ0n) is 13.1. The number of hydrogen-bond donors (Lipinski definition) is 0. The summed E-state index contributed by atoms with van der Waals surface area (Å²) in [7, 11) is 0. The highest BCUT2D eigenvalue weighted by atomic mass is 19.4. The molecule has 0 N–H and O–H groups in total. The maximum Gasteiger partial charge on any atom is 0.416 e. The van der Waals surface area contributed by atoms with E-state index in [9.17, 15) is 18.0 Å². The van der Waals surface area contributed by atoms with Crippen molar-refractivity contribution in [2.45, 2.75) is 24.9 Å². The Morgan fingerprint density at radius 1 is 0.917 bits per heavy atom. The van der Waals surface area contributed by atoms with Gasteiger partial charge in [0.05, 0.1) is 5.56 Å². The molecule has 1 heterocycles. The van der Waals surface area contributed by atoms with E-state index >= 15 is 0 Å². The first-order valence-corrected chi connectivity index (χ1v) is 7.96. The number of carbonyl (C=O) groups excluding carboxylic acids is 1. The van der Waals surface area contributed by atoms with Gasteiger partial charge in [0, 0.05) is 18.7 Å². The molecule has 2 aromatic carbocycles. The van der Waals surface area contributed by atoms with E-state index in [1.54, 1.807) is 4.90 Å². The fourth-order valence-corrected chi connectivity index (χ4v) is 3.13. The van der Waals surface area contributed by atoms with Crippen LogP contribution >= 0.6 is 0 Å². The topological polar surface area (TPSA) is 20.3 Å². The Bertz CT molecular complexity index is 687. The van der Waals surface area contributed by atoms with Crippen LogP contribution in [0.15, 0.2) is 54.6 Å². The summed E-state index contributed by atoms with van der Waals surface area (Å²) < 4.78 is 37.8. The molecular weight excluding hydrogens is 315 g/mol. The summed E-state index contributed by atoms with van der Waals surface area (Å²) in [6.45, 7) is 1.25. The van der Waals surface area contributed by atoms with Crippen molar-refractivity contribution in [1.82, 2.24) is 4.90 Å². The van der Waals surface area contributed by atoms with Crippen molar-refractivity contribution in [3.05, 3.63) is 71.3 Å². The maximum absolute atomic E-state index is 12.6. The molecule has 0 spiro atoms. The van der Waals surface area contributed by atoms with Crippen molar-refractivity contribution >= 4 is 5.91 Å². The fourth-order valence-electron chi connectivity index (χ4n) is 3.13. The summed E-state index contributed by atoms with van der Waals surface area (Å²) in [5.41, 5.74) is 0.849. The maximum atomic E-state index is 12.6. The van der Waals surface area contributed by atoms with Gasteiger partial charge in [-0.05, 0) is 48.6 Å². The van der Waals surface area contributed by atoms with E-state index in [0.717, 1.165) is 25.0 Å². The Kier molecular flexibility index (Phi) is 4.60. The van der Waals surface area contributed by atoms with E-state index in [1.165, 1.54) is 17.7 Å². The third-order valence-corrected chi connectivity index (χ3v) is 4.51. The van der Waals surface area contributed by atoms with Gasteiger partial charge >= 0.3 is 6.18 Å². The number of halogens is 3. The highest BCUT2D eigenvalue weighted by Gasteiger charge is 2.31. The van der Waals surface area contributed by atoms with E-state index in [0.29, 0.717) is 24.6 Å². The summed E-state index contributed by atoms with van der Waals surface area (Å²) in [5, 5.41) is 0. The van der Waals surface area contributed by atoms with Crippen LogP contribution in [0.25, 0.3) is 0 Å². The number of benzene rings is 2. The van der Waals surface area contributed by atoms with Crippen LogP contribution in [0.4, 0.5) is 13.2 Å². The zero-order valence-corrected chi connectivity index (χ0v) is 13.1. The lowest BCUT2D eigenvalue weighted by molar-refractivity contribution is -0.137. The summed E-state index contributed by atoms with van der Waals surface area (Å²) in [4.78, 5) is 14.2. The average Bonchev–Trinajstić information content (AvgIpc) is 2.61. The minimum atomic E-state index is -4.38. The van der Waals surface area contributed by atoms with Crippen molar-refractivity contribution < 1.29 is 18.0 Å². The molecule has 3 rings (SSSR count). The van der Waals surface area contributed by atoms with Crippen LogP contribution < -0.4 is 0 Å². The van der Waals surface area contributed by atoms with Crippen LogP contribution in [0.1, 0.15) is 40.2 Å². The van der Waals surface area contributed by atoms with Gasteiger partial charge in [-0.25, -0.2) is 0 Å². The highest BCUT2D eigenvalue weighted by molar-refractivity contribution is 5.94. The van der Waals surface area contributed by atoms with E-state index in [1.807, 2.05) is 18.2 Å². The molecule has 0 radical (unpaired) electrons. The molecule has 0 aromatic heterocycles. The van der Waals surface area contributed by atoms with E-state index in [2.05, 4.69) is 12.1 Å². The first-order valence-electron chi connectivity index (χ1n) is 7.96. The normalized spacial score (nSPS) is 16.2. The second-order valence-corrected chi connectivity index (χ2v) is 6.05. The van der Waals surface area contributed by atoms with E-state index < -0.39 is 11.7 Å². The molecule has 1 saturated heterocycles. The summed E-state index contributed by atoms with van der Waals surface area (Å²) in [6.07, 6.45) is -2.64. The van der Waals surface area contributed by atoms with Crippen LogP contribution in [0.3, 0.4) is 0 Å². The highest BCUT2D eigenvalue weighted by Crippen LogP contribution is 2.30. The second kappa shape index (κ2) is 6.67. The molecule has 0 bridgehead atoms. The lowest BCUT2D eigenvalue weighted by atomic mass is 9.89. The van der Waals surface area contributed by atoms with Crippen LogP contribution in [0, 0.1) is 0 Å². The molecule has 1 amide bonds. The van der Waals surface area contributed by atoms with Gasteiger partial charge in [-0.3, -0.25) is 4.79 Å². The molecule has 2 aromatic rings. The van der Waals surface area contributed by atoms with Gasteiger partial charge in [0.25, 0.3) is 5.91 Å². The van der Waals surface area contributed by atoms with Crippen molar-refractivity contribution in [3.8, 4) is 0 Å². The first kappa shape index (κ1) is 16.6. The van der Waals surface area contributed by atoms with Gasteiger partial charge in [0.2, 0.25) is 0 Å². The van der Waals surface area contributed by atoms with E-state index in [4.69, 9.17) is 0 Å². The van der Waals surface area contributed by atoms with Crippen molar-refractivity contribution in [2.24, 2.45) is 0 Å². The number of hydrogen-bond acceptors (Lipinski definition) is 1. The second-order valence-electron chi connectivity index (χ2n) is 6.05. The SMILES string of the molecule is O=C(c1ccc(C(F)(F)F)cc1)N1CCC(c2ccccc2)CC1. The van der Waals surface area contributed by atoms with Gasteiger partial charge in [-0.2, -0.15) is 13.2 Å². The standard InChI is InChI=1S/C19H18F3NO/c20-19(21,22)17-8-6-16(7-9-17)18(24)23-12-10-15(11-13-23)14-4-2-1-3-5-14/h1-9,15H,10-13H2. The molecule has 0 saturated carbocycles. The van der Waals surface area contributed by atoms with Gasteiger partial charge in [0.15, 0.2) is 0 Å². The smallest absolute Gasteiger partial charge is 0.339 e. The van der Waals surface area contributed by atoms with Crippen LogP contribution in [-0.4, -0.2) is 23.9 Å². The Labute approximate surface area is 138 Å². The third kappa shape index (κ3) is 3.61. The quantitative estimate of drug-likeness (QED) is 0.778. The predicted molar refractivity (Wildman–Crippen MR) is 85.8 cm³/mol. The van der Waals surface area contributed by atoms with Crippen molar-refractivity contribution in [1.29, 1.82) is 0 Å². The summed E-state index contributed by atoms with van der Waals surface area (Å²) in [5.74, 6) is 0.234. The van der Waals surface area contributed by atoms with Gasteiger partial charge < -0.3 is 4.90 Å². The molecule has 1 aliphatic heterocycles. The monoisotopic (exact) mass is 333 g/mol. The lowest BCUT2D eigenvalue weighted by Crippen LogP contribution is -2.37. The molecule has 1 fully saturated rings. The number of nitrogens with zero attached hydrogens (tertiary/aromatic N) is 1. The molecule has 0 atom stereocenters. The Morgan fingerprint density at radius 3 is 2.04 bits per heavy atom. The molecule has 2 nitrogen and oxygen atoms in total. The lowest BCUT2D eigenvalue weighted by Gasteiger charge is -2.32. The first-order chi connectivity index (χ1) is 11.4. The number of likely N-dealkylation sites (tertiary alicyclic amines) is 1. The molecular formula is C19H18F3NO. The number of carbonyl (C=O) groups is 1. The Balaban J connectivity index is 1.63. The van der Waals surface area contributed by atoms with Crippen molar-refractivity contribution in [2.75, 3.05) is 13.1 Å². The van der Waals surface area contributed by atoms with Gasteiger partial charge in [-0.15, -0.1) is 0 Å². The third-order valence-electron chi connectivity index (χ3n) is 4.51. The number of rotatable bonds is 2. The average molecular weight is 333 g/mol. The molecule has 5 heteroatoms. The number of alkyl halides is 3. The summed E-state index contributed by atoms with van der Waals surface area (Å²) in [6, 6.07) is 14.6.